The minimum atomic E-state index is 0.504. The van der Waals surface area contributed by atoms with Crippen molar-refractivity contribution in [2.75, 3.05) is 4.90 Å². The highest BCUT2D eigenvalue weighted by Gasteiger charge is 2.14. The first kappa shape index (κ1) is 13.9. The van der Waals surface area contributed by atoms with E-state index in [9.17, 15) is 0 Å². The number of anilines is 3. The van der Waals surface area contributed by atoms with Crippen LogP contribution in [0.1, 0.15) is 0 Å². The van der Waals surface area contributed by atoms with Crippen LogP contribution in [-0.2, 0) is 0 Å². The minimum absolute atomic E-state index is 0.504. The zero-order valence-corrected chi connectivity index (χ0v) is 12.5. The van der Waals surface area contributed by atoms with Crippen molar-refractivity contribution in [3.8, 4) is 0 Å². The summed E-state index contributed by atoms with van der Waals surface area (Å²) in [6.07, 6.45) is 5.23. The normalized spacial score (nSPS) is 10.4. The summed E-state index contributed by atoms with van der Waals surface area (Å²) in [4.78, 5) is 10.5. The maximum absolute atomic E-state index is 6.14. The van der Waals surface area contributed by atoms with Gasteiger partial charge in [-0.3, -0.25) is 9.88 Å². The molecule has 1 aromatic carbocycles. The monoisotopic (exact) mass is 315 g/mol. The molecule has 0 saturated heterocycles. The van der Waals surface area contributed by atoms with Crippen molar-refractivity contribution in [2.24, 2.45) is 0 Å². The second-order valence-electron chi connectivity index (χ2n) is 4.33. The van der Waals surface area contributed by atoms with Gasteiger partial charge in [-0.05, 0) is 42.5 Å². The van der Waals surface area contributed by atoms with Crippen LogP contribution in [0.3, 0.4) is 0 Å². The molecule has 104 valence electrons. The van der Waals surface area contributed by atoms with Gasteiger partial charge in [0.2, 0.25) is 0 Å². The van der Waals surface area contributed by atoms with Crippen molar-refractivity contribution in [2.45, 2.75) is 0 Å². The Morgan fingerprint density at radius 2 is 1.57 bits per heavy atom. The van der Waals surface area contributed by atoms with E-state index in [0.717, 1.165) is 17.2 Å². The molecule has 2 aromatic heterocycles. The molecule has 0 amide bonds. The van der Waals surface area contributed by atoms with Crippen molar-refractivity contribution in [3.05, 3.63) is 77.2 Å². The molecule has 0 unspecified atom stereocenters. The van der Waals surface area contributed by atoms with E-state index in [1.165, 1.54) is 0 Å². The van der Waals surface area contributed by atoms with Gasteiger partial charge in [0, 0.05) is 24.3 Å². The van der Waals surface area contributed by atoms with Gasteiger partial charge in [0.1, 0.15) is 5.82 Å². The summed E-state index contributed by atoms with van der Waals surface area (Å²) in [7, 11) is 0. The number of aromatic nitrogens is 2. The van der Waals surface area contributed by atoms with Gasteiger partial charge in [-0.1, -0.05) is 29.3 Å². The number of benzene rings is 1. The maximum Gasteiger partial charge on any atom is 0.137 e. The topological polar surface area (TPSA) is 29.0 Å². The molecule has 0 radical (unpaired) electrons. The highest BCUT2D eigenvalue weighted by atomic mass is 35.5. The van der Waals surface area contributed by atoms with Crippen LogP contribution in [-0.4, -0.2) is 9.97 Å². The first-order valence-electron chi connectivity index (χ1n) is 6.32. The van der Waals surface area contributed by atoms with E-state index >= 15 is 0 Å². The third kappa shape index (κ3) is 2.99. The molecule has 0 bridgehead atoms. The Kier molecular flexibility index (Phi) is 4.04. The molecule has 5 heteroatoms. The van der Waals surface area contributed by atoms with Crippen molar-refractivity contribution in [1.29, 1.82) is 0 Å². The van der Waals surface area contributed by atoms with Gasteiger partial charge in [0.15, 0.2) is 0 Å². The van der Waals surface area contributed by atoms with Gasteiger partial charge in [-0.15, -0.1) is 0 Å². The molecule has 3 nitrogen and oxygen atoms in total. The van der Waals surface area contributed by atoms with Gasteiger partial charge < -0.3 is 0 Å². The van der Waals surface area contributed by atoms with Crippen LogP contribution >= 0.6 is 23.2 Å². The maximum atomic E-state index is 6.14. The van der Waals surface area contributed by atoms with Crippen LogP contribution in [0.25, 0.3) is 0 Å². The van der Waals surface area contributed by atoms with Crippen LogP contribution in [0.2, 0.25) is 10.0 Å². The second kappa shape index (κ2) is 6.12. The van der Waals surface area contributed by atoms with E-state index in [2.05, 4.69) is 9.97 Å². The van der Waals surface area contributed by atoms with Crippen LogP contribution in [0, 0.1) is 0 Å². The van der Waals surface area contributed by atoms with Gasteiger partial charge >= 0.3 is 0 Å². The third-order valence-corrected chi connectivity index (χ3v) is 3.70. The lowest BCUT2D eigenvalue weighted by atomic mass is 10.2. The number of halogens is 2. The van der Waals surface area contributed by atoms with Crippen molar-refractivity contribution in [1.82, 2.24) is 9.97 Å². The molecule has 0 saturated carbocycles. The number of rotatable bonds is 3. The largest absolute Gasteiger partial charge is 0.295 e. The molecule has 3 rings (SSSR count). The Balaban J connectivity index is 2.14. The second-order valence-corrected chi connectivity index (χ2v) is 5.14. The van der Waals surface area contributed by atoms with E-state index in [4.69, 9.17) is 23.2 Å². The molecule has 0 aliphatic rings. The summed E-state index contributed by atoms with van der Waals surface area (Å²) in [6.45, 7) is 0. The number of pyridine rings is 2. The Bertz CT molecular complexity index is 694. The summed E-state index contributed by atoms with van der Waals surface area (Å²) in [5, 5.41) is 1.03. The van der Waals surface area contributed by atoms with Crippen LogP contribution in [0.15, 0.2) is 67.1 Å². The van der Waals surface area contributed by atoms with Gasteiger partial charge in [-0.2, -0.15) is 0 Å². The summed E-state index contributed by atoms with van der Waals surface area (Å²) in [5.74, 6) is 0.794. The zero-order chi connectivity index (χ0) is 14.7. The van der Waals surface area contributed by atoms with E-state index in [0.29, 0.717) is 10.0 Å². The lowest BCUT2D eigenvalue weighted by Gasteiger charge is -2.24. The molecular weight excluding hydrogens is 305 g/mol. The Labute approximate surface area is 132 Å². The summed E-state index contributed by atoms with van der Waals surface area (Å²) >= 11 is 12.1. The van der Waals surface area contributed by atoms with Gasteiger partial charge in [0.05, 0.1) is 15.7 Å². The standard InChI is InChI=1S/C16H11Cl2N3/c17-14-5-4-13(11-15(14)18)21(12-6-9-19-10-7-12)16-3-1-2-8-20-16/h1-11H. The molecule has 0 N–H and O–H groups in total. The third-order valence-electron chi connectivity index (χ3n) is 2.96. The fraction of sp³-hybridized carbons (Fsp3) is 0. The van der Waals surface area contributed by atoms with Crippen molar-refractivity contribution < 1.29 is 0 Å². The molecule has 21 heavy (non-hydrogen) atoms. The number of nitrogens with zero attached hydrogens (tertiary/aromatic N) is 3. The summed E-state index contributed by atoms with van der Waals surface area (Å²) < 4.78 is 0. The average molecular weight is 316 g/mol. The van der Waals surface area contributed by atoms with Crippen LogP contribution in [0.5, 0.6) is 0 Å². The molecule has 0 fully saturated rings. The molecule has 0 aliphatic carbocycles. The predicted molar refractivity (Wildman–Crippen MR) is 86.7 cm³/mol. The SMILES string of the molecule is Clc1ccc(N(c2ccncc2)c2ccccn2)cc1Cl. The fourth-order valence-corrected chi connectivity index (χ4v) is 2.31. The predicted octanol–water partition coefficient (Wildman–Crippen LogP) is 5.25. The van der Waals surface area contributed by atoms with Crippen LogP contribution < -0.4 is 4.90 Å². The Morgan fingerprint density at radius 1 is 0.762 bits per heavy atom. The first-order chi connectivity index (χ1) is 10.3. The van der Waals surface area contributed by atoms with Crippen LogP contribution in [0.4, 0.5) is 17.2 Å². The average Bonchev–Trinajstić information content (AvgIpc) is 2.53. The number of hydrogen-bond acceptors (Lipinski definition) is 3. The number of hydrogen-bond donors (Lipinski definition) is 0. The fourth-order valence-electron chi connectivity index (χ4n) is 2.02. The highest BCUT2D eigenvalue weighted by molar-refractivity contribution is 6.42. The molecular formula is C16H11Cl2N3. The van der Waals surface area contributed by atoms with Crippen molar-refractivity contribution in [3.63, 3.8) is 0 Å². The Morgan fingerprint density at radius 3 is 2.24 bits per heavy atom. The van der Waals surface area contributed by atoms with Gasteiger partial charge in [-0.25, -0.2) is 4.98 Å². The lowest BCUT2D eigenvalue weighted by molar-refractivity contribution is 1.17. The zero-order valence-electron chi connectivity index (χ0n) is 10.9. The summed E-state index contributed by atoms with van der Waals surface area (Å²) in [6, 6.07) is 15.1. The molecule has 0 spiro atoms. The molecule has 0 atom stereocenters. The molecule has 0 aliphatic heterocycles. The highest BCUT2D eigenvalue weighted by Crippen LogP contribution is 2.35. The van der Waals surface area contributed by atoms with E-state index in [1.807, 2.05) is 47.4 Å². The van der Waals surface area contributed by atoms with E-state index < -0.39 is 0 Å². The quantitative estimate of drug-likeness (QED) is 0.660. The van der Waals surface area contributed by atoms with Crippen molar-refractivity contribution >= 4 is 40.4 Å². The van der Waals surface area contributed by atoms with E-state index in [-0.39, 0.29) is 0 Å². The lowest BCUT2D eigenvalue weighted by Crippen LogP contribution is -2.11. The minimum Gasteiger partial charge on any atom is -0.295 e. The van der Waals surface area contributed by atoms with Gasteiger partial charge in [0.25, 0.3) is 0 Å². The molecule has 3 aromatic rings. The first-order valence-corrected chi connectivity index (χ1v) is 7.07. The molecule has 2 heterocycles. The Hall–Kier alpha value is -2.10. The summed E-state index contributed by atoms with van der Waals surface area (Å²) in [5.41, 5.74) is 1.83. The smallest absolute Gasteiger partial charge is 0.137 e. The van der Waals surface area contributed by atoms with E-state index in [1.54, 1.807) is 24.7 Å².